The van der Waals surface area contributed by atoms with Crippen molar-refractivity contribution in [3.05, 3.63) is 103 Å². The first-order valence-electron chi connectivity index (χ1n) is 11.0. The molecule has 3 aromatic carbocycles. The number of thiophene rings is 1. The van der Waals surface area contributed by atoms with E-state index in [9.17, 15) is 21.6 Å². The molecule has 0 aliphatic carbocycles. The number of aromatic nitrogens is 2. The van der Waals surface area contributed by atoms with E-state index < -0.39 is 21.7 Å². The number of alkyl halides is 3. The first-order chi connectivity index (χ1) is 17.6. The predicted molar refractivity (Wildman–Crippen MR) is 137 cm³/mol. The van der Waals surface area contributed by atoms with Gasteiger partial charge in [-0.1, -0.05) is 36.4 Å². The van der Waals surface area contributed by atoms with Crippen molar-refractivity contribution in [1.29, 1.82) is 0 Å². The zero-order valence-electron chi connectivity index (χ0n) is 19.3. The highest BCUT2D eigenvalue weighted by Gasteiger charge is 2.35. The third-order valence-electron chi connectivity index (χ3n) is 5.45. The van der Waals surface area contributed by atoms with Crippen molar-refractivity contribution in [2.45, 2.75) is 11.1 Å². The Labute approximate surface area is 215 Å². The Kier molecular flexibility index (Phi) is 6.38. The van der Waals surface area contributed by atoms with Crippen LogP contribution in [-0.2, 0) is 16.0 Å². The van der Waals surface area contributed by atoms with E-state index in [1.807, 2.05) is 18.2 Å². The number of benzene rings is 3. The Morgan fingerprint density at radius 2 is 1.51 bits per heavy atom. The molecule has 10 heteroatoms. The number of nitrogens with zero attached hydrogens (tertiary/aromatic N) is 2. The van der Waals surface area contributed by atoms with Gasteiger partial charge in [0.15, 0.2) is 15.5 Å². The molecule has 0 atom stereocenters. The van der Waals surface area contributed by atoms with Gasteiger partial charge >= 0.3 is 6.18 Å². The van der Waals surface area contributed by atoms with Crippen LogP contribution in [0.1, 0.15) is 5.69 Å². The normalized spacial score (nSPS) is 12.0. The van der Waals surface area contributed by atoms with Gasteiger partial charge in [0.05, 0.1) is 21.2 Å². The smallest absolute Gasteiger partial charge is 0.435 e. The first kappa shape index (κ1) is 24.8. The summed E-state index contributed by atoms with van der Waals surface area (Å²) in [4.78, 5) is 1.42. The molecule has 0 spiro atoms. The Bertz CT molecular complexity index is 1670. The number of rotatable bonds is 6. The van der Waals surface area contributed by atoms with Crippen molar-refractivity contribution in [3.63, 3.8) is 0 Å². The van der Waals surface area contributed by atoms with Crippen LogP contribution < -0.4 is 4.74 Å². The van der Waals surface area contributed by atoms with E-state index in [2.05, 4.69) is 5.10 Å². The molecule has 2 aromatic heterocycles. The van der Waals surface area contributed by atoms with Crippen LogP contribution in [0.15, 0.2) is 102 Å². The number of ether oxygens (including phenoxy) is 1. The zero-order chi connectivity index (χ0) is 26.2. The van der Waals surface area contributed by atoms with Gasteiger partial charge in [-0.25, -0.2) is 13.1 Å². The van der Waals surface area contributed by atoms with Crippen LogP contribution >= 0.6 is 11.3 Å². The highest BCUT2D eigenvalue weighted by Crippen LogP contribution is 2.39. The second kappa shape index (κ2) is 9.53. The summed E-state index contributed by atoms with van der Waals surface area (Å²) in [6.07, 6.45) is -3.51. The molecule has 188 valence electrons. The number of para-hydroxylation sites is 1. The van der Waals surface area contributed by atoms with Gasteiger partial charge in [0, 0.05) is 17.2 Å². The first-order valence-corrected chi connectivity index (χ1v) is 13.7. The molecule has 0 amide bonds. The van der Waals surface area contributed by atoms with E-state index in [0.717, 1.165) is 12.3 Å². The van der Waals surface area contributed by atoms with Gasteiger partial charge in [0.1, 0.15) is 11.5 Å². The Balaban J connectivity index is 1.56. The van der Waals surface area contributed by atoms with Gasteiger partial charge in [-0.05, 0) is 60.2 Å². The van der Waals surface area contributed by atoms with Gasteiger partial charge in [0.25, 0.3) is 0 Å². The maximum atomic E-state index is 13.7. The number of hydrogen-bond donors (Lipinski definition) is 0. The Hall–Kier alpha value is -3.89. The SMILES string of the molecule is CS(=O)(=O)c1cccc(-c2ccc(-c3cc(C(F)(F)F)nn3-c3cccc(Oc4ccccc4)c3)s2)c1. The van der Waals surface area contributed by atoms with Crippen LogP contribution in [0.3, 0.4) is 0 Å². The van der Waals surface area contributed by atoms with Crippen molar-refractivity contribution < 1.29 is 26.3 Å². The van der Waals surface area contributed by atoms with Gasteiger partial charge in [-0.2, -0.15) is 18.3 Å². The van der Waals surface area contributed by atoms with Gasteiger partial charge in [-0.3, -0.25) is 0 Å². The summed E-state index contributed by atoms with van der Waals surface area (Å²) in [5.41, 5.74) is 0.276. The molecule has 5 aromatic rings. The summed E-state index contributed by atoms with van der Waals surface area (Å²) in [6.45, 7) is 0. The minimum atomic E-state index is -4.64. The van der Waals surface area contributed by atoms with Crippen LogP contribution in [0.5, 0.6) is 11.5 Å². The summed E-state index contributed by atoms with van der Waals surface area (Å²) in [5, 5.41) is 3.87. The van der Waals surface area contributed by atoms with Crippen LogP contribution in [-0.4, -0.2) is 24.5 Å². The van der Waals surface area contributed by atoms with Crippen LogP contribution in [0.25, 0.3) is 26.7 Å². The lowest BCUT2D eigenvalue weighted by atomic mass is 10.2. The molecule has 0 radical (unpaired) electrons. The quantitative estimate of drug-likeness (QED) is 0.224. The molecule has 2 heterocycles. The second-order valence-corrected chi connectivity index (χ2v) is 11.3. The molecular formula is C27H19F3N2O3S2. The standard InChI is InChI=1S/C27H19F3N2O3S2/c1-37(33,34)22-12-5-7-18(15-22)24-13-14-25(36-24)23-17-26(27(28,29)30)31-32(23)19-8-6-11-21(16-19)35-20-9-3-2-4-10-20/h2-17H,1H3. The molecule has 0 aliphatic rings. The van der Waals surface area contributed by atoms with Crippen molar-refractivity contribution >= 4 is 21.2 Å². The highest BCUT2D eigenvalue weighted by molar-refractivity contribution is 7.90. The third kappa shape index (κ3) is 5.45. The number of hydrogen-bond acceptors (Lipinski definition) is 5. The summed E-state index contributed by atoms with van der Waals surface area (Å²) in [6, 6.07) is 26.6. The maximum absolute atomic E-state index is 13.7. The highest BCUT2D eigenvalue weighted by atomic mass is 32.2. The minimum absolute atomic E-state index is 0.166. The molecule has 0 saturated carbocycles. The lowest BCUT2D eigenvalue weighted by Crippen LogP contribution is -2.07. The van der Waals surface area contributed by atoms with Crippen LogP contribution in [0.2, 0.25) is 0 Å². The molecule has 5 rings (SSSR count). The molecule has 0 unspecified atom stereocenters. The number of halogens is 3. The summed E-state index contributed by atoms with van der Waals surface area (Å²) in [7, 11) is -3.41. The van der Waals surface area contributed by atoms with Crippen molar-refractivity contribution in [3.8, 4) is 38.2 Å². The van der Waals surface area contributed by atoms with Crippen molar-refractivity contribution in [2.75, 3.05) is 6.26 Å². The summed E-state index contributed by atoms with van der Waals surface area (Å²) in [5.74, 6) is 1.04. The lowest BCUT2D eigenvalue weighted by Gasteiger charge is -2.10. The van der Waals surface area contributed by atoms with Crippen LogP contribution in [0, 0.1) is 0 Å². The lowest BCUT2D eigenvalue weighted by molar-refractivity contribution is -0.141. The second-order valence-electron chi connectivity index (χ2n) is 8.20. The Morgan fingerprint density at radius 3 is 2.24 bits per heavy atom. The Morgan fingerprint density at radius 1 is 0.811 bits per heavy atom. The molecule has 0 saturated heterocycles. The molecular weight excluding hydrogens is 521 g/mol. The molecule has 0 bridgehead atoms. The fraction of sp³-hybridized carbons (Fsp3) is 0.0741. The number of sulfone groups is 1. The molecule has 0 N–H and O–H groups in total. The van der Waals surface area contributed by atoms with Crippen molar-refractivity contribution in [1.82, 2.24) is 9.78 Å². The van der Waals surface area contributed by atoms with E-state index in [-0.39, 0.29) is 10.6 Å². The van der Waals surface area contributed by atoms with Crippen molar-refractivity contribution in [2.24, 2.45) is 0 Å². The predicted octanol–water partition coefficient (Wildman–Crippen LogP) is 7.48. The van der Waals surface area contributed by atoms with E-state index in [1.54, 1.807) is 66.7 Å². The molecule has 37 heavy (non-hydrogen) atoms. The van der Waals surface area contributed by atoms with Gasteiger partial charge in [0.2, 0.25) is 0 Å². The fourth-order valence-corrected chi connectivity index (χ4v) is 5.38. The van der Waals surface area contributed by atoms with E-state index in [1.165, 1.54) is 22.1 Å². The average molecular weight is 541 g/mol. The van der Waals surface area contributed by atoms with Gasteiger partial charge < -0.3 is 4.74 Å². The molecule has 0 fully saturated rings. The minimum Gasteiger partial charge on any atom is -0.457 e. The van der Waals surface area contributed by atoms with Crippen LogP contribution in [0.4, 0.5) is 13.2 Å². The maximum Gasteiger partial charge on any atom is 0.435 e. The largest absolute Gasteiger partial charge is 0.457 e. The molecule has 5 nitrogen and oxygen atoms in total. The molecule has 0 aliphatic heterocycles. The van der Waals surface area contributed by atoms with E-state index in [0.29, 0.717) is 32.5 Å². The summed E-state index contributed by atoms with van der Waals surface area (Å²) < 4.78 is 72.0. The van der Waals surface area contributed by atoms with Gasteiger partial charge in [-0.15, -0.1) is 11.3 Å². The monoisotopic (exact) mass is 540 g/mol. The van der Waals surface area contributed by atoms with E-state index in [4.69, 9.17) is 4.74 Å². The fourth-order valence-electron chi connectivity index (χ4n) is 3.71. The topological polar surface area (TPSA) is 61.2 Å². The zero-order valence-corrected chi connectivity index (χ0v) is 20.9. The third-order valence-corrected chi connectivity index (χ3v) is 7.71. The average Bonchev–Trinajstić information content (AvgIpc) is 3.52. The summed E-state index contributed by atoms with van der Waals surface area (Å²) >= 11 is 1.24. The van der Waals surface area contributed by atoms with E-state index >= 15 is 0 Å².